The average Bonchev–Trinajstić information content (AvgIpc) is 3.67. The van der Waals surface area contributed by atoms with Gasteiger partial charge in [0.1, 0.15) is 5.82 Å². The monoisotopic (exact) mass is 411 g/mol. The van der Waals surface area contributed by atoms with E-state index in [2.05, 4.69) is 51.7 Å². The van der Waals surface area contributed by atoms with Crippen molar-refractivity contribution in [2.24, 2.45) is 0 Å². The summed E-state index contributed by atoms with van der Waals surface area (Å²) in [5.41, 5.74) is 3.97. The largest absolute Gasteiger partial charge is 0.368 e. The van der Waals surface area contributed by atoms with E-state index in [1.807, 2.05) is 4.90 Å². The summed E-state index contributed by atoms with van der Waals surface area (Å²) in [7, 11) is 0. The van der Waals surface area contributed by atoms with Crippen molar-refractivity contribution in [3.05, 3.63) is 35.2 Å². The molecule has 1 aromatic carbocycles. The number of hydrogen-bond donors (Lipinski definition) is 0. The quantitative estimate of drug-likeness (QED) is 0.681. The minimum absolute atomic E-state index is 0.217. The predicted molar refractivity (Wildman–Crippen MR) is 116 cm³/mol. The van der Waals surface area contributed by atoms with Gasteiger partial charge in [0, 0.05) is 43.8 Å². The zero-order chi connectivity index (χ0) is 20.0. The molecule has 1 aliphatic heterocycles. The van der Waals surface area contributed by atoms with Gasteiger partial charge in [-0.05, 0) is 56.7 Å². The van der Waals surface area contributed by atoms with Gasteiger partial charge in [0.15, 0.2) is 5.16 Å². The molecule has 0 spiro atoms. The summed E-state index contributed by atoms with van der Waals surface area (Å²) < 4.78 is 2.33. The average molecular weight is 412 g/mol. The van der Waals surface area contributed by atoms with Gasteiger partial charge < -0.3 is 14.4 Å². The van der Waals surface area contributed by atoms with E-state index in [9.17, 15) is 4.79 Å². The normalized spacial score (nSPS) is 19.7. The summed E-state index contributed by atoms with van der Waals surface area (Å²) in [6.45, 7) is 7.70. The highest BCUT2D eigenvalue weighted by Crippen LogP contribution is 2.46. The molecule has 154 valence electrons. The molecule has 3 fully saturated rings. The molecule has 0 bridgehead atoms. The molecule has 0 atom stereocenters. The lowest BCUT2D eigenvalue weighted by Gasteiger charge is -2.37. The Balaban J connectivity index is 1.17. The first kappa shape index (κ1) is 19.0. The van der Waals surface area contributed by atoms with Crippen LogP contribution in [0, 0.1) is 13.8 Å². The topological polar surface area (TPSA) is 54.3 Å². The Morgan fingerprint density at radius 2 is 1.83 bits per heavy atom. The van der Waals surface area contributed by atoms with Crippen molar-refractivity contribution in [1.82, 2.24) is 19.7 Å². The second kappa shape index (κ2) is 7.67. The van der Waals surface area contributed by atoms with E-state index in [0.717, 1.165) is 37.2 Å². The summed E-state index contributed by atoms with van der Waals surface area (Å²) in [5.74, 6) is 2.43. The van der Waals surface area contributed by atoms with Gasteiger partial charge in [0.25, 0.3) is 0 Å². The number of aryl methyl sites for hydroxylation is 1. The molecule has 2 aromatic rings. The molecule has 0 radical (unpaired) electrons. The van der Waals surface area contributed by atoms with Crippen LogP contribution in [0.15, 0.2) is 23.4 Å². The molecule has 7 heteroatoms. The maximum absolute atomic E-state index is 12.8. The SMILES string of the molecule is Cc1cccc(N2CCN(C(=O)CSc3nnc(C4CC4)n3C3CC3)CC2)c1C. The minimum Gasteiger partial charge on any atom is -0.368 e. The number of nitrogens with zero attached hydrogens (tertiary/aromatic N) is 5. The summed E-state index contributed by atoms with van der Waals surface area (Å²) in [5, 5.41) is 9.81. The van der Waals surface area contributed by atoms with Crippen molar-refractivity contribution in [1.29, 1.82) is 0 Å². The third-order valence-corrected chi connectivity index (χ3v) is 7.35. The Morgan fingerprint density at radius 1 is 1.07 bits per heavy atom. The van der Waals surface area contributed by atoms with E-state index in [0.29, 0.717) is 17.7 Å². The van der Waals surface area contributed by atoms with Crippen molar-refractivity contribution >= 4 is 23.4 Å². The molecular weight excluding hydrogens is 382 g/mol. The molecular formula is C22H29N5OS. The first-order chi connectivity index (χ1) is 14.1. The van der Waals surface area contributed by atoms with Gasteiger partial charge in [-0.25, -0.2) is 0 Å². The van der Waals surface area contributed by atoms with Gasteiger partial charge in [-0.15, -0.1) is 10.2 Å². The van der Waals surface area contributed by atoms with Gasteiger partial charge in [0.05, 0.1) is 5.75 Å². The zero-order valence-corrected chi connectivity index (χ0v) is 18.1. The van der Waals surface area contributed by atoms with Crippen LogP contribution in [0.5, 0.6) is 0 Å². The fraction of sp³-hybridized carbons (Fsp3) is 0.591. The van der Waals surface area contributed by atoms with Crippen LogP contribution in [0.2, 0.25) is 0 Å². The molecule has 1 aromatic heterocycles. The summed E-state index contributed by atoms with van der Waals surface area (Å²) in [6.07, 6.45) is 4.91. The first-order valence-corrected chi connectivity index (χ1v) is 11.8. The lowest BCUT2D eigenvalue weighted by atomic mass is 10.1. The molecule has 2 saturated carbocycles. The van der Waals surface area contributed by atoms with Crippen LogP contribution >= 0.6 is 11.8 Å². The molecule has 3 aliphatic rings. The summed E-state index contributed by atoms with van der Waals surface area (Å²) >= 11 is 1.57. The third kappa shape index (κ3) is 3.89. The van der Waals surface area contributed by atoms with Gasteiger partial charge in [-0.2, -0.15) is 0 Å². The summed E-state index contributed by atoms with van der Waals surface area (Å²) in [6, 6.07) is 7.04. The van der Waals surface area contributed by atoms with E-state index in [-0.39, 0.29) is 5.91 Å². The van der Waals surface area contributed by atoms with Crippen LogP contribution in [0.4, 0.5) is 5.69 Å². The van der Waals surface area contributed by atoms with E-state index in [1.165, 1.54) is 42.5 Å². The van der Waals surface area contributed by atoms with E-state index < -0.39 is 0 Å². The van der Waals surface area contributed by atoms with E-state index >= 15 is 0 Å². The highest BCUT2D eigenvalue weighted by atomic mass is 32.2. The number of rotatable bonds is 6. The molecule has 1 saturated heterocycles. The number of thioether (sulfide) groups is 1. The smallest absolute Gasteiger partial charge is 0.233 e. The highest BCUT2D eigenvalue weighted by Gasteiger charge is 2.36. The number of benzene rings is 1. The van der Waals surface area contributed by atoms with Gasteiger partial charge >= 0.3 is 0 Å². The third-order valence-electron chi connectivity index (χ3n) is 6.42. The predicted octanol–water partition coefficient (Wildman–Crippen LogP) is 3.55. The van der Waals surface area contributed by atoms with Crippen LogP contribution in [0.1, 0.15) is 54.6 Å². The maximum atomic E-state index is 12.8. The Morgan fingerprint density at radius 3 is 2.52 bits per heavy atom. The standard InChI is InChI=1S/C22H29N5OS/c1-15-4-3-5-19(16(15)2)25-10-12-26(13-11-25)20(28)14-29-22-24-23-21(17-6-7-17)27(22)18-8-9-18/h3-5,17-18H,6-14H2,1-2H3. The van der Waals surface area contributed by atoms with E-state index in [4.69, 9.17) is 0 Å². The fourth-order valence-electron chi connectivity index (χ4n) is 4.18. The van der Waals surface area contributed by atoms with Gasteiger partial charge in [-0.1, -0.05) is 23.9 Å². The van der Waals surface area contributed by atoms with Crippen LogP contribution in [0.25, 0.3) is 0 Å². The molecule has 29 heavy (non-hydrogen) atoms. The van der Waals surface area contributed by atoms with Crippen molar-refractivity contribution in [2.45, 2.75) is 56.6 Å². The van der Waals surface area contributed by atoms with Crippen molar-refractivity contribution in [3.63, 3.8) is 0 Å². The number of carbonyl (C=O) groups is 1. The van der Waals surface area contributed by atoms with Gasteiger partial charge in [-0.3, -0.25) is 4.79 Å². The number of amides is 1. The molecule has 1 amide bonds. The first-order valence-electron chi connectivity index (χ1n) is 10.8. The molecule has 6 nitrogen and oxygen atoms in total. The van der Waals surface area contributed by atoms with Crippen LogP contribution in [-0.4, -0.2) is 57.5 Å². The van der Waals surface area contributed by atoms with Crippen molar-refractivity contribution in [3.8, 4) is 0 Å². The van der Waals surface area contributed by atoms with Gasteiger partial charge in [0.2, 0.25) is 5.91 Å². The van der Waals surface area contributed by atoms with Crippen LogP contribution < -0.4 is 4.90 Å². The fourth-order valence-corrected chi connectivity index (χ4v) is 5.09. The van der Waals surface area contributed by atoms with E-state index in [1.54, 1.807) is 11.8 Å². The molecule has 2 aliphatic carbocycles. The second-order valence-corrected chi connectivity index (χ2v) is 9.53. The number of carbonyl (C=O) groups excluding carboxylic acids is 1. The lowest BCUT2D eigenvalue weighted by molar-refractivity contribution is -0.128. The zero-order valence-electron chi connectivity index (χ0n) is 17.3. The Labute approximate surface area is 176 Å². The van der Waals surface area contributed by atoms with Crippen LogP contribution in [-0.2, 0) is 4.79 Å². The Bertz CT molecular complexity index is 910. The molecule has 5 rings (SSSR count). The Hall–Kier alpha value is -2.02. The Kier molecular flexibility index (Phi) is 5.02. The van der Waals surface area contributed by atoms with Crippen molar-refractivity contribution in [2.75, 3.05) is 36.8 Å². The molecule has 0 N–H and O–H groups in total. The number of piperazine rings is 1. The maximum Gasteiger partial charge on any atom is 0.233 e. The lowest BCUT2D eigenvalue weighted by Crippen LogP contribution is -2.49. The summed E-state index contributed by atoms with van der Waals surface area (Å²) in [4.78, 5) is 17.2. The number of anilines is 1. The van der Waals surface area contributed by atoms with Crippen LogP contribution in [0.3, 0.4) is 0 Å². The van der Waals surface area contributed by atoms with Crippen molar-refractivity contribution < 1.29 is 4.79 Å². The number of aromatic nitrogens is 3. The highest BCUT2D eigenvalue weighted by molar-refractivity contribution is 7.99. The molecule has 2 heterocycles. The second-order valence-electron chi connectivity index (χ2n) is 8.59. The number of hydrogen-bond acceptors (Lipinski definition) is 5. The minimum atomic E-state index is 0.217. The molecule has 0 unspecified atom stereocenters.